The Morgan fingerprint density at radius 3 is 2.50 bits per heavy atom. The zero-order valence-corrected chi connectivity index (χ0v) is 21.5. The molecule has 0 aromatic carbocycles. The van der Waals surface area contributed by atoms with Gasteiger partial charge in [0.1, 0.15) is 11.4 Å². The molecule has 0 heterocycles. The zero-order valence-electron chi connectivity index (χ0n) is 21.5. The fourth-order valence-electron chi connectivity index (χ4n) is 8.93. The molecule has 3 saturated carbocycles. The molecular formula is C29H46O3. The standard InChI is InChI=1S/C29H46O3/c1-19(2)26(31)15-10-20(3)23-13-14-24-25-12-11-22-9-7-8-16-28(22,6)29(25,32-21(4)30)18-17-27(23,24)5/h11,19-20,23-25H,7-10,12-18H2,1-6H3/t20-,23-,24+,25+,27-,28+,29-/m1/s1. The van der Waals surface area contributed by atoms with Gasteiger partial charge in [0.2, 0.25) is 0 Å². The van der Waals surface area contributed by atoms with Gasteiger partial charge in [-0.1, -0.05) is 52.7 Å². The predicted molar refractivity (Wildman–Crippen MR) is 129 cm³/mol. The van der Waals surface area contributed by atoms with Crippen LogP contribution in [0.15, 0.2) is 11.6 Å². The van der Waals surface area contributed by atoms with E-state index in [1.54, 1.807) is 12.5 Å². The molecule has 3 nitrogen and oxygen atoms in total. The molecule has 7 atom stereocenters. The number of carbonyl (C=O) groups is 2. The molecule has 0 bridgehead atoms. The summed E-state index contributed by atoms with van der Waals surface area (Å²) in [6.07, 6.45) is 14.9. The van der Waals surface area contributed by atoms with E-state index in [9.17, 15) is 9.59 Å². The first-order valence-electron chi connectivity index (χ1n) is 13.5. The molecule has 180 valence electrons. The number of hydrogen-bond donors (Lipinski definition) is 0. The van der Waals surface area contributed by atoms with E-state index in [0.29, 0.717) is 34.9 Å². The minimum absolute atomic E-state index is 0.00849. The van der Waals surface area contributed by atoms with Crippen LogP contribution in [0, 0.1) is 40.4 Å². The summed E-state index contributed by atoms with van der Waals surface area (Å²) in [5.41, 5.74) is 1.55. The van der Waals surface area contributed by atoms with Gasteiger partial charge in [0.15, 0.2) is 0 Å². The second kappa shape index (κ2) is 8.58. The zero-order chi connectivity index (χ0) is 23.3. The maximum atomic E-state index is 12.5. The molecule has 0 amide bonds. The average Bonchev–Trinajstić information content (AvgIpc) is 3.08. The summed E-state index contributed by atoms with van der Waals surface area (Å²) in [4.78, 5) is 24.7. The minimum Gasteiger partial charge on any atom is -0.458 e. The first-order valence-corrected chi connectivity index (χ1v) is 13.5. The molecule has 0 saturated heterocycles. The van der Waals surface area contributed by atoms with Gasteiger partial charge in [0.05, 0.1) is 0 Å². The number of hydrogen-bond acceptors (Lipinski definition) is 3. The summed E-state index contributed by atoms with van der Waals surface area (Å²) >= 11 is 0. The summed E-state index contributed by atoms with van der Waals surface area (Å²) in [6.45, 7) is 13.0. The summed E-state index contributed by atoms with van der Waals surface area (Å²) < 4.78 is 6.49. The number of ether oxygens (including phenoxy) is 1. The third-order valence-electron chi connectivity index (χ3n) is 10.7. The number of allylic oxidation sites excluding steroid dienone is 1. The van der Waals surface area contributed by atoms with Crippen molar-refractivity contribution in [2.45, 2.75) is 118 Å². The maximum absolute atomic E-state index is 12.5. The molecule has 3 fully saturated rings. The van der Waals surface area contributed by atoms with Crippen molar-refractivity contribution >= 4 is 11.8 Å². The number of carbonyl (C=O) groups excluding carboxylic acids is 2. The van der Waals surface area contributed by atoms with Crippen LogP contribution in [0.1, 0.15) is 112 Å². The Morgan fingerprint density at radius 1 is 1.06 bits per heavy atom. The lowest BCUT2D eigenvalue weighted by Crippen LogP contribution is -2.64. The summed E-state index contributed by atoms with van der Waals surface area (Å²) in [6, 6.07) is 0. The van der Waals surface area contributed by atoms with Crippen molar-refractivity contribution in [1.29, 1.82) is 0 Å². The van der Waals surface area contributed by atoms with Crippen LogP contribution in [0.5, 0.6) is 0 Å². The lowest BCUT2D eigenvalue weighted by atomic mass is 9.44. The number of ketones is 1. The third kappa shape index (κ3) is 3.61. The first kappa shape index (κ1) is 24.0. The SMILES string of the molecule is CC(=O)O[C@]12CC[C@]3(C)[C@@H]([C@H](C)CCC(=O)C(C)C)CC[C@H]3[C@@H]1CC=C1CCCC[C@@]12C. The van der Waals surface area contributed by atoms with Gasteiger partial charge < -0.3 is 4.74 Å². The highest BCUT2D eigenvalue weighted by atomic mass is 16.6. The van der Waals surface area contributed by atoms with Crippen molar-refractivity contribution in [3.05, 3.63) is 11.6 Å². The van der Waals surface area contributed by atoms with Gasteiger partial charge in [-0.2, -0.15) is 0 Å². The molecule has 4 aliphatic rings. The number of fused-ring (bicyclic) bond motifs is 5. The van der Waals surface area contributed by atoms with E-state index in [1.807, 2.05) is 13.8 Å². The molecule has 0 aliphatic heterocycles. The van der Waals surface area contributed by atoms with E-state index in [2.05, 4.69) is 26.8 Å². The van der Waals surface area contributed by atoms with Gasteiger partial charge >= 0.3 is 5.97 Å². The maximum Gasteiger partial charge on any atom is 0.303 e. The van der Waals surface area contributed by atoms with Crippen LogP contribution in [0.3, 0.4) is 0 Å². The fraction of sp³-hybridized carbons (Fsp3) is 0.862. The van der Waals surface area contributed by atoms with Crippen molar-refractivity contribution in [3.8, 4) is 0 Å². The highest BCUT2D eigenvalue weighted by Crippen LogP contribution is 2.69. The normalized spacial score (nSPS) is 41.8. The number of Topliss-reactive ketones (excluding diaryl/α,β-unsaturated/α-hetero) is 1. The Balaban J connectivity index is 1.61. The van der Waals surface area contributed by atoms with Crippen molar-refractivity contribution in [1.82, 2.24) is 0 Å². The van der Waals surface area contributed by atoms with Crippen LogP contribution in [-0.2, 0) is 14.3 Å². The molecule has 32 heavy (non-hydrogen) atoms. The van der Waals surface area contributed by atoms with Gasteiger partial charge in [-0.15, -0.1) is 0 Å². The second-order valence-corrected chi connectivity index (χ2v) is 12.5. The first-order chi connectivity index (χ1) is 15.0. The van der Waals surface area contributed by atoms with Gasteiger partial charge in [-0.05, 0) is 81.0 Å². The van der Waals surface area contributed by atoms with E-state index in [1.165, 1.54) is 32.1 Å². The fourth-order valence-corrected chi connectivity index (χ4v) is 8.93. The van der Waals surface area contributed by atoms with Crippen molar-refractivity contribution in [2.75, 3.05) is 0 Å². The summed E-state index contributed by atoms with van der Waals surface area (Å²) in [5.74, 6) is 2.76. The molecule has 0 unspecified atom stereocenters. The largest absolute Gasteiger partial charge is 0.458 e. The monoisotopic (exact) mass is 442 g/mol. The van der Waals surface area contributed by atoms with E-state index in [-0.39, 0.29) is 22.9 Å². The van der Waals surface area contributed by atoms with E-state index < -0.39 is 0 Å². The van der Waals surface area contributed by atoms with Gasteiger partial charge in [-0.3, -0.25) is 9.59 Å². The third-order valence-corrected chi connectivity index (χ3v) is 10.7. The Bertz CT molecular complexity index is 781. The molecule has 4 rings (SSSR count). The number of esters is 1. The summed E-state index contributed by atoms with van der Waals surface area (Å²) in [7, 11) is 0. The predicted octanol–water partition coefficient (Wildman–Crippen LogP) is 7.28. The van der Waals surface area contributed by atoms with Gasteiger partial charge in [-0.25, -0.2) is 0 Å². The van der Waals surface area contributed by atoms with Crippen molar-refractivity contribution < 1.29 is 14.3 Å². The molecule has 0 radical (unpaired) electrons. The van der Waals surface area contributed by atoms with Crippen LogP contribution in [0.2, 0.25) is 0 Å². The summed E-state index contributed by atoms with van der Waals surface area (Å²) in [5, 5.41) is 0. The van der Waals surface area contributed by atoms with Crippen LogP contribution in [-0.4, -0.2) is 17.4 Å². The van der Waals surface area contributed by atoms with E-state index in [0.717, 1.165) is 38.5 Å². The second-order valence-electron chi connectivity index (χ2n) is 12.5. The minimum atomic E-state index is -0.320. The lowest BCUT2D eigenvalue weighted by Gasteiger charge is -2.63. The topological polar surface area (TPSA) is 43.4 Å². The number of rotatable bonds is 6. The highest BCUT2D eigenvalue weighted by Gasteiger charge is 2.67. The smallest absolute Gasteiger partial charge is 0.303 e. The quantitative estimate of drug-likeness (QED) is 0.320. The van der Waals surface area contributed by atoms with Gasteiger partial charge in [0, 0.05) is 30.6 Å². The molecule has 0 aromatic heterocycles. The van der Waals surface area contributed by atoms with E-state index in [4.69, 9.17) is 4.74 Å². The molecular weight excluding hydrogens is 396 g/mol. The van der Waals surface area contributed by atoms with Crippen LogP contribution in [0.4, 0.5) is 0 Å². The van der Waals surface area contributed by atoms with Crippen molar-refractivity contribution in [3.63, 3.8) is 0 Å². The highest BCUT2D eigenvalue weighted by molar-refractivity contribution is 5.80. The van der Waals surface area contributed by atoms with Crippen LogP contribution in [0.25, 0.3) is 0 Å². The van der Waals surface area contributed by atoms with Crippen LogP contribution < -0.4 is 0 Å². The lowest BCUT2D eigenvalue weighted by molar-refractivity contribution is -0.217. The Hall–Kier alpha value is -1.12. The molecule has 0 N–H and O–H groups in total. The van der Waals surface area contributed by atoms with E-state index >= 15 is 0 Å². The Morgan fingerprint density at radius 2 is 1.81 bits per heavy atom. The van der Waals surface area contributed by atoms with Gasteiger partial charge in [0.25, 0.3) is 0 Å². The van der Waals surface area contributed by atoms with Crippen molar-refractivity contribution in [2.24, 2.45) is 40.4 Å². The van der Waals surface area contributed by atoms with Crippen LogP contribution >= 0.6 is 0 Å². The average molecular weight is 443 g/mol. The molecule has 4 aliphatic carbocycles. The molecule has 3 heteroatoms. The Kier molecular flexibility index (Phi) is 6.44. The molecule has 0 aromatic rings. The Labute approximate surface area is 196 Å². The molecule has 0 spiro atoms.